The van der Waals surface area contributed by atoms with E-state index in [1.807, 2.05) is 0 Å². The van der Waals surface area contributed by atoms with E-state index in [0.717, 1.165) is 4.90 Å². The first-order valence-electron chi connectivity index (χ1n) is 11.3. The van der Waals surface area contributed by atoms with Crippen molar-refractivity contribution in [3.05, 3.63) is 34.9 Å². The van der Waals surface area contributed by atoms with Gasteiger partial charge in [-0.3, -0.25) is 9.69 Å². The van der Waals surface area contributed by atoms with Crippen molar-refractivity contribution in [3.63, 3.8) is 0 Å². The highest BCUT2D eigenvalue weighted by Crippen LogP contribution is 2.43. The second-order valence-corrected chi connectivity index (χ2v) is 7.30. The number of piperidine rings is 1. The van der Waals surface area contributed by atoms with Crippen LogP contribution in [0.5, 0.6) is 0 Å². The van der Waals surface area contributed by atoms with Gasteiger partial charge in [-0.1, -0.05) is 23.7 Å². The average molecular weight is 373 g/mol. The fraction of sp³-hybridized carbons (Fsp3) is 0.556. The summed E-state index contributed by atoms with van der Waals surface area (Å²) in [5.74, 6) is -1.15. The summed E-state index contributed by atoms with van der Waals surface area (Å²) in [6.07, 6.45) is -4.57. The fourth-order valence-electron chi connectivity index (χ4n) is 3.15. The second kappa shape index (κ2) is 6.18. The summed E-state index contributed by atoms with van der Waals surface area (Å²) in [4.78, 5) is 26.4. The van der Waals surface area contributed by atoms with Gasteiger partial charge >= 0.3 is 6.09 Å². The first-order valence-corrected chi connectivity index (χ1v) is 8.11. The monoisotopic (exact) mass is 372 g/mol. The lowest BCUT2D eigenvalue weighted by Gasteiger charge is -2.50. The predicted molar refractivity (Wildman–Crippen MR) is 95.5 cm³/mol. The zero-order valence-corrected chi connectivity index (χ0v) is 14.8. The highest BCUT2D eigenvalue weighted by Gasteiger charge is 2.57. The van der Waals surface area contributed by atoms with Crippen molar-refractivity contribution in [2.75, 3.05) is 13.0 Å². The van der Waals surface area contributed by atoms with E-state index in [4.69, 9.17) is 19.9 Å². The minimum absolute atomic E-state index is 0.0729. The molecule has 25 heavy (non-hydrogen) atoms. The van der Waals surface area contributed by atoms with E-state index in [2.05, 4.69) is 0 Å². The Bertz CT molecular complexity index is 958. The van der Waals surface area contributed by atoms with E-state index < -0.39 is 55.0 Å². The zero-order valence-electron chi connectivity index (χ0n) is 21.1. The molecule has 2 heterocycles. The van der Waals surface area contributed by atoms with Crippen molar-refractivity contribution >= 4 is 23.6 Å². The number of nitrogens with zero attached hydrogens (tertiary/aromatic N) is 2. The van der Waals surface area contributed by atoms with E-state index in [1.54, 1.807) is 20.8 Å². The van der Waals surface area contributed by atoms with Crippen LogP contribution in [0.15, 0.2) is 24.3 Å². The Morgan fingerprint density at radius 3 is 2.68 bits per heavy atom. The van der Waals surface area contributed by atoms with E-state index in [9.17, 15) is 16.1 Å². The van der Waals surface area contributed by atoms with Crippen LogP contribution in [-0.4, -0.2) is 51.1 Å². The molecule has 1 aromatic rings. The molecule has 1 aromatic carbocycles. The molecule has 2 fully saturated rings. The molecule has 3 atom stereocenters. The largest absolute Gasteiger partial charge is 0.465 e. The normalized spacial score (nSPS) is 42.0. The average Bonchev–Trinajstić information content (AvgIpc) is 2.80. The summed E-state index contributed by atoms with van der Waals surface area (Å²) in [5.41, 5.74) is -3.60. The third kappa shape index (κ3) is 3.20. The maximum Gasteiger partial charge on any atom is 0.407 e. The van der Waals surface area contributed by atoms with Crippen LogP contribution in [0.1, 0.15) is 53.4 Å². The molecule has 2 saturated heterocycles. The van der Waals surface area contributed by atoms with Gasteiger partial charge in [-0.25, -0.2) is 4.79 Å². The van der Waals surface area contributed by atoms with Crippen molar-refractivity contribution in [1.82, 2.24) is 15.1 Å². The molecule has 3 unspecified atom stereocenters. The Labute approximate surface area is 162 Å². The van der Waals surface area contributed by atoms with Gasteiger partial charge in [0.15, 0.2) is 1.41 Å². The fourth-order valence-corrected chi connectivity index (χ4v) is 3.28. The van der Waals surface area contributed by atoms with E-state index in [-0.39, 0.29) is 15.8 Å². The summed E-state index contributed by atoms with van der Waals surface area (Å²) >= 11 is 5.94. The van der Waals surface area contributed by atoms with Crippen molar-refractivity contribution in [2.45, 2.75) is 50.8 Å². The molecule has 136 valence electrons. The first-order chi connectivity index (χ1) is 14.4. The van der Waals surface area contributed by atoms with E-state index >= 15 is 0 Å². The molecule has 0 aliphatic carbocycles. The van der Waals surface area contributed by atoms with Gasteiger partial charge in [0.2, 0.25) is 5.91 Å². The maximum absolute atomic E-state index is 13.5. The molecule has 1 spiro atoms. The number of nitrogens with one attached hydrogen (secondary N) is 1. The lowest BCUT2D eigenvalue weighted by atomic mass is 9.90. The molecule has 2 amide bonds. The number of carbonyl (C=O) groups is 2. The van der Waals surface area contributed by atoms with Gasteiger partial charge in [0.1, 0.15) is 11.7 Å². The highest BCUT2D eigenvalue weighted by molar-refractivity contribution is 6.30. The molecule has 3 rings (SSSR count). The van der Waals surface area contributed by atoms with Gasteiger partial charge in [0.05, 0.1) is 10.6 Å². The van der Waals surface area contributed by atoms with Crippen molar-refractivity contribution in [2.24, 2.45) is 0 Å². The standard InChI is InChI=1S/C18H24ClN3O3/c1-17(2,3)22-14(12-5-7-13(19)8-6-12)15(23)20-18(22)9-4-10-21(11-18)16(24)25/h5-8,14H,4,9-11H2,1-3H3,(H,20,23)(H,24,25)/i4D,10D2,11D2,14D/hD. The first kappa shape index (κ1) is 11.0. The number of likely N-dealkylation sites (tertiary alicyclic amines) is 1. The van der Waals surface area contributed by atoms with Crippen LogP contribution >= 0.6 is 11.6 Å². The molecule has 7 heteroatoms. The zero-order chi connectivity index (χ0) is 24.7. The Morgan fingerprint density at radius 2 is 2.12 bits per heavy atom. The minimum atomic E-state index is -3.19. The Balaban J connectivity index is 2.39. The van der Waals surface area contributed by atoms with Crippen LogP contribution < -0.4 is 5.31 Å². The molecule has 0 radical (unpaired) electrons. The Kier molecular flexibility index (Phi) is 2.73. The van der Waals surface area contributed by atoms with E-state index in [0.29, 0.717) is 5.02 Å². The van der Waals surface area contributed by atoms with Crippen LogP contribution in [0.4, 0.5) is 4.79 Å². The van der Waals surface area contributed by atoms with Crippen molar-refractivity contribution < 1.29 is 24.3 Å². The minimum Gasteiger partial charge on any atom is -0.465 e. The maximum atomic E-state index is 13.5. The Hall–Kier alpha value is -1.79. The van der Waals surface area contributed by atoms with Crippen LogP contribution in [0.3, 0.4) is 0 Å². The number of carbonyl (C=O) groups excluding carboxylic acids is 1. The predicted octanol–water partition coefficient (Wildman–Crippen LogP) is 3.08. The summed E-state index contributed by atoms with van der Waals surface area (Å²) in [6.45, 7) is -1.42. The molecule has 2 aliphatic rings. The molecular weight excluding hydrogens is 342 g/mol. The lowest BCUT2D eigenvalue weighted by molar-refractivity contribution is -0.122. The highest BCUT2D eigenvalue weighted by atomic mass is 35.5. The van der Waals surface area contributed by atoms with Gasteiger partial charge < -0.3 is 15.3 Å². The Morgan fingerprint density at radius 1 is 1.48 bits per heavy atom. The number of rotatable bonds is 1. The smallest absolute Gasteiger partial charge is 0.407 e. The number of carboxylic acid groups (broad SMARTS) is 1. The molecule has 0 bridgehead atoms. The van der Waals surface area contributed by atoms with Crippen LogP contribution in [-0.2, 0) is 4.79 Å². The van der Waals surface area contributed by atoms with Crippen LogP contribution in [0, 0.1) is 0 Å². The molecule has 0 saturated carbocycles. The molecule has 0 aromatic heterocycles. The van der Waals surface area contributed by atoms with Crippen molar-refractivity contribution in [3.8, 4) is 0 Å². The SMILES string of the molecule is [2H]C1CC2(N([2H])C(=O)C([2H])(c3ccc(Cl)cc3)N2C(C)(C)C)C([2H])([2H])N(C(=O)O)C1([2H])[2H]. The number of amides is 2. The van der Waals surface area contributed by atoms with Gasteiger partial charge in [-0.2, -0.15) is 0 Å². The summed E-state index contributed by atoms with van der Waals surface area (Å²) in [6, 6.07) is 3.29. The van der Waals surface area contributed by atoms with Gasteiger partial charge in [0.25, 0.3) is 0 Å². The van der Waals surface area contributed by atoms with Gasteiger partial charge in [-0.05, 0) is 51.3 Å². The van der Waals surface area contributed by atoms with E-state index in [1.165, 1.54) is 24.3 Å². The number of hydrogen-bond acceptors (Lipinski definition) is 3. The quantitative estimate of drug-likeness (QED) is 0.794. The molecule has 2 N–H and O–H groups in total. The van der Waals surface area contributed by atoms with Gasteiger partial charge in [0, 0.05) is 21.2 Å². The third-order valence-corrected chi connectivity index (χ3v) is 4.21. The number of halogens is 1. The van der Waals surface area contributed by atoms with Crippen molar-refractivity contribution in [1.29, 1.82) is 0 Å². The number of benzene rings is 1. The molecule has 2 aliphatic heterocycles. The second-order valence-electron chi connectivity index (χ2n) is 6.86. The summed E-state index contributed by atoms with van der Waals surface area (Å²) in [5, 5.41) is 10.2. The van der Waals surface area contributed by atoms with Gasteiger partial charge in [-0.15, -0.1) is 0 Å². The topological polar surface area (TPSA) is 72.9 Å². The lowest BCUT2D eigenvalue weighted by Crippen LogP contribution is -2.66. The van der Waals surface area contributed by atoms with Crippen LogP contribution in [0.2, 0.25) is 6.43 Å². The third-order valence-electron chi connectivity index (χ3n) is 3.96. The summed E-state index contributed by atoms with van der Waals surface area (Å²) in [7, 11) is 0. The van der Waals surface area contributed by atoms with Crippen LogP contribution in [0.25, 0.3) is 0 Å². The molecule has 6 nitrogen and oxygen atoms in total. The molecular formula is C18H24ClN3O3. The number of hydrogen-bond donors (Lipinski definition) is 2. The summed E-state index contributed by atoms with van der Waals surface area (Å²) < 4.78 is 59.7.